The van der Waals surface area contributed by atoms with E-state index in [4.69, 9.17) is 5.41 Å². The summed E-state index contributed by atoms with van der Waals surface area (Å²) in [5, 5.41) is 48.9. The third-order valence-electron chi connectivity index (χ3n) is 4.38. The number of hydrogen-bond donors (Lipinski definition) is 7. The SMILES string of the molecule is CC(C)(N/N=C\C=N)c1cc(Nc2ncc(C(F)(F)F)c(NC3CC3)n2)n(C(O)(O)O)n1. The molecule has 0 spiro atoms. The van der Waals surface area contributed by atoms with Crippen LogP contribution in [-0.4, -0.2) is 53.5 Å². The molecule has 1 saturated carbocycles. The fourth-order valence-corrected chi connectivity index (χ4v) is 2.59. The maximum absolute atomic E-state index is 13.3. The number of hydrogen-bond acceptors (Lipinski definition) is 11. The van der Waals surface area contributed by atoms with E-state index in [-0.39, 0.29) is 23.5 Å². The van der Waals surface area contributed by atoms with Crippen molar-refractivity contribution < 1.29 is 28.5 Å². The van der Waals surface area contributed by atoms with Crippen LogP contribution >= 0.6 is 0 Å². The zero-order chi connectivity index (χ0) is 23.7. The van der Waals surface area contributed by atoms with Gasteiger partial charge in [-0.15, -0.1) is 0 Å². The third-order valence-corrected chi connectivity index (χ3v) is 4.38. The van der Waals surface area contributed by atoms with E-state index in [0.717, 1.165) is 12.4 Å². The fourth-order valence-electron chi connectivity index (χ4n) is 2.59. The van der Waals surface area contributed by atoms with Crippen LogP contribution in [-0.2, 0) is 17.8 Å². The quantitative estimate of drug-likeness (QED) is 0.165. The van der Waals surface area contributed by atoms with Gasteiger partial charge in [0.25, 0.3) is 0 Å². The van der Waals surface area contributed by atoms with Crippen LogP contribution in [0.4, 0.5) is 30.8 Å². The molecule has 32 heavy (non-hydrogen) atoms. The summed E-state index contributed by atoms with van der Waals surface area (Å²) in [5.41, 5.74) is 0.806. The number of hydrazone groups is 1. The van der Waals surface area contributed by atoms with E-state index in [1.165, 1.54) is 6.07 Å². The van der Waals surface area contributed by atoms with Crippen LogP contribution in [0.25, 0.3) is 0 Å². The molecule has 2 aromatic heterocycles. The number of nitrogens with zero attached hydrogens (tertiary/aromatic N) is 5. The second-order valence-corrected chi connectivity index (χ2v) is 7.61. The summed E-state index contributed by atoms with van der Waals surface area (Å²) < 4.78 is 40.2. The molecule has 1 aliphatic rings. The Morgan fingerprint density at radius 1 is 1.25 bits per heavy atom. The third kappa shape index (κ3) is 5.49. The van der Waals surface area contributed by atoms with Crippen LogP contribution < -0.4 is 16.1 Å². The Morgan fingerprint density at radius 2 is 1.94 bits per heavy atom. The minimum Gasteiger partial charge on any atom is -0.367 e. The van der Waals surface area contributed by atoms with Gasteiger partial charge >= 0.3 is 12.3 Å². The van der Waals surface area contributed by atoms with Crippen LogP contribution in [0.1, 0.15) is 37.9 Å². The Balaban J connectivity index is 1.96. The van der Waals surface area contributed by atoms with E-state index in [2.05, 4.69) is 36.2 Å². The summed E-state index contributed by atoms with van der Waals surface area (Å²) in [6, 6.07) is 1.17. The van der Waals surface area contributed by atoms with Crippen molar-refractivity contribution in [1.29, 1.82) is 5.41 Å². The summed E-state index contributed by atoms with van der Waals surface area (Å²) in [6.07, 6.45) is -3.98. The smallest absolute Gasteiger partial charge is 0.367 e. The Labute approximate surface area is 179 Å². The Morgan fingerprint density at radius 3 is 2.50 bits per heavy atom. The number of anilines is 3. The number of alkyl halides is 3. The summed E-state index contributed by atoms with van der Waals surface area (Å²) in [6.45, 7) is 3.26. The zero-order valence-corrected chi connectivity index (χ0v) is 17.0. The van der Waals surface area contributed by atoms with Crippen molar-refractivity contribution in [1.82, 2.24) is 25.2 Å². The fraction of sp³-hybridized carbons (Fsp3) is 0.471. The van der Waals surface area contributed by atoms with Crippen LogP contribution in [0.15, 0.2) is 17.4 Å². The number of aliphatic hydroxyl groups is 3. The molecule has 0 bridgehead atoms. The molecule has 15 heteroatoms. The normalized spacial score (nSPS) is 15.1. The molecule has 12 nitrogen and oxygen atoms in total. The van der Waals surface area contributed by atoms with Gasteiger partial charge in [-0.2, -0.15) is 33.0 Å². The van der Waals surface area contributed by atoms with Gasteiger partial charge in [-0.3, -0.25) is 5.43 Å². The molecule has 0 atom stereocenters. The maximum Gasteiger partial charge on any atom is 0.421 e. The number of rotatable bonds is 9. The van der Waals surface area contributed by atoms with E-state index in [1.54, 1.807) is 13.8 Å². The lowest BCUT2D eigenvalue weighted by atomic mass is 10.0. The Kier molecular flexibility index (Phi) is 6.08. The lowest BCUT2D eigenvalue weighted by molar-refractivity contribution is -0.379. The van der Waals surface area contributed by atoms with Crippen molar-refractivity contribution in [3.05, 3.63) is 23.5 Å². The average molecular weight is 457 g/mol. The average Bonchev–Trinajstić information content (AvgIpc) is 3.35. The molecule has 7 N–H and O–H groups in total. The van der Waals surface area contributed by atoms with Crippen LogP contribution in [0.3, 0.4) is 0 Å². The highest BCUT2D eigenvalue weighted by atomic mass is 19.4. The first-order valence-electron chi connectivity index (χ1n) is 9.36. The van der Waals surface area contributed by atoms with Crippen molar-refractivity contribution in [2.24, 2.45) is 5.10 Å². The summed E-state index contributed by atoms with van der Waals surface area (Å²) in [7, 11) is 0. The predicted octanol–water partition coefficient (Wildman–Crippen LogP) is 1.01. The summed E-state index contributed by atoms with van der Waals surface area (Å²) >= 11 is 0. The molecular weight excluding hydrogens is 435 g/mol. The van der Waals surface area contributed by atoms with E-state index < -0.39 is 29.2 Å². The van der Waals surface area contributed by atoms with Gasteiger partial charge in [0.15, 0.2) is 0 Å². The van der Waals surface area contributed by atoms with Crippen molar-refractivity contribution in [2.45, 2.75) is 50.5 Å². The minimum atomic E-state index is -4.67. The number of aromatic nitrogens is 4. The summed E-state index contributed by atoms with van der Waals surface area (Å²) in [4.78, 5) is 7.52. The van der Waals surface area contributed by atoms with Crippen LogP contribution in [0.5, 0.6) is 0 Å². The lowest BCUT2D eigenvalue weighted by Gasteiger charge is -2.22. The highest BCUT2D eigenvalue weighted by molar-refractivity contribution is 6.14. The van der Waals surface area contributed by atoms with Crippen molar-refractivity contribution in [2.75, 3.05) is 10.6 Å². The molecule has 0 saturated heterocycles. The molecular formula is C17H22F3N9O3. The van der Waals surface area contributed by atoms with Gasteiger partial charge in [0.1, 0.15) is 17.2 Å². The van der Waals surface area contributed by atoms with E-state index in [9.17, 15) is 28.5 Å². The van der Waals surface area contributed by atoms with Crippen LogP contribution in [0.2, 0.25) is 0 Å². The van der Waals surface area contributed by atoms with E-state index in [1.807, 2.05) is 0 Å². The first kappa shape index (κ1) is 23.4. The monoisotopic (exact) mass is 457 g/mol. The zero-order valence-electron chi connectivity index (χ0n) is 17.0. The van der Waals surface area contributed by atoms with Gasteiger partial charge in [-0.05, 0) is 26.7 Å². The Bertz CT molecular complexity index is 1010. The molecule has 2 aromatic rings. The van der Waals surface area contributed by atoms with Crippen molar-refractivity contribution in [3.63, 3.8) is 0 Å². The van der Waals surface area contributed by atoms with Gasteiger partial charge in [0, 0.05) is 24.5 Å². The van der Waals surface area contributed by atoms with Crippen LogP contribution in [0, 0.1) is 5.41 Å². The number of nitrogens with one attached hydrogen (secondary N) is 4. The molecule has 0 aromatic carbocycles. The standard InChI is InChI=1S/C17H22F3N9O3/c1-15(2,28-23-6-5-21)11-7-12(29(27-11)17(30,31)32)25-14-22-8-10(16(18,19)20)13(26-14)24-9-3-4-9/h5-9,21,28,30-32H,3-4H2,1-2H3,(H2,22,24,25,26)/b21-5?,23-6-. The van der Waals surface area contributed by atoms with Gasteiger partial charge in [0.05, 0.1) is 17.4 Å². The first-order chi connectivity index (χ1) is 14.8. The van der Waals surface area contributed by atoms with Gasteiger partial charge in [-0.25, -0.2) is 4.98 Å². The predicted molar refractivity (Wildman–Crippen MR) is 107 cm³/mol. The molecule has 174 valence electrons. The molecule has 1 aliphatic carbocycles. The maximum atomic E-state index is 13.3. The summed E-state index contributed by atoms with van der Waals surface area (Å²) in [5.74, 6) is -0.948. The van der Waals surface area contributed by atoms with E-state index >= 15 is 0 Å². The highest BCUT2D eigenvalue weighted by Crippen LogP contribution is 2.36. The lowest BCUT2D eigenvalue weighted by Crippen LogP contribution is -2.36. The second kappa shape index (κ2) is 8.33. The second-order valence-electron chi connectivity index (χ2n) is 7.61. The van der Waals surface area contributed by atoms with Crippen molar-refractivity contribution >= 4 is 30.0 Å². The van der Waals surface area contributed by atoms with Crippen molar-refractivity contribution in [3.8, 4) is 0 Å². The number of halogens is 3. The van der Waals surface area contributed by atoms with Gasteiger partial charge in [0.2, 0.25) is 5.95 Å². The molecule has 0 radical (unpaired) electrons. The largest absolute Gasteiger partial charge is 0.421 e. The molecule has 0 amide bonds. The van der Waals surface area contributed by atoms with Gasteiger partial charge < -0.3 is 31.4 Å². The van der Waals surface area contributed by atoms with Gasteiger partial charge in [-0.1, -0.05) is 0 Å². The molecule has 1 fully saturated rings. The van der Waals surface area contributed by atoms with E-state index in [0.29, 0.717) is 23.7 Å². The topological polar surface area (TPSA) is 177 Å². The molecule has 0 unspecified atom stereocenters. The first-order valence-corrected chi connectivity index (χ1v) is 9.36. The molecule has 2 heterocycles. The molecule has 3 rings (SSSR count). The highest BCUT2D eigenvalue weighted by Gasteiger charge is 2.37. The molecule has 0 aliphatic heterocycles. The Hall–Kier alpha value is -3.30. The minimum absolute atomic E-state index is 0.121.